The second-order valence-corrected chi connectivity index (χ2v) is 8.71. The van der Waals surface area contributed by atoms with E-state index in [0.29, 0.717) is 4.90 Å². The van der Waals surface area contributed by atoms with E-state index in [0.717, 1.165) is 11.1 Å². The summed E-state index contributed by atoms with van der Waals surface area (Å²) in [5.74, 6) is -0.0313. The summed E-state index contributed by atoms with van der Waals surface area (Å²) in [6.07, 6.45) is 0. The fourth-order valence-corrected chi connectivity index (χ4v) is 3.78. The van der Waals surface area contributed by atoms with Crippen molar-refractivity contribution in [2.24, 2.45) is 5.41 Å². The van der Waals surface area contributed by atoms with Gasteiger partial charge < -0.3 is 5.32 Å². The highest BCUT2D eigenvalue weighted by Crippen LogP contribution is 2.24. The zero-order valence-electron chi connectivity index (χ0n) is 16.1. The summed E-state index contributed by atoms with van der Waals surface area (Å²) >= 11 is 0. The number of carbonyl (C=O) groups is 1. The molecular formula is C21H28N2O2S. The quantitative estimate of drug-likeness (QED) is 0.795. The molecule has 0 fully saturated rings. The van der Waals surface area contributed by atoms with Gasteiger partial charge in [0.05, 0.1) is 10.9 Å². The Kier molecular flexibility index (Phi) is 6.73. The van der Waals surface area contributed by atoms with Gasteiger partial charge in [-0.25, -0.2) is 8.93 Å². The molecule has 0 aliphatic rings. The van der Waals surface area contributed by atoms with Gasteiger partial charge >= 0.3 is 0 Å². The van der Waals surface area contributed by atoms with Gasteiger partial charge in [-0.2, -0.15) is 0 Å². The number of hydrogen-bond donors (Lipinski definition) is 2. The molecule has 1 amide bonds. The van der Waals surface area contributed by atoms with Gasteiger partial charge in [-0.3, -0.25) is 4.79 Å². The third-order valence-electron chi connectivity index (χ3n) is 4.20. The summed E-state index contributed by atoms with van der Waals surface area (Å²) in [5, 5.41) is 3.02. The van der Waals surface area contributed by atoms with Crippen molar-refractivity contribution < 1.29 is 9.00 Å². The first-order chi connectivity index (χ1) is 12.2. The minimum atomic E-state index is -1.38. The molecule has 26 heavy (non-hydrogen) atoms. The number of benzene rings is 2. The van der Waals surface area contributed by atoms with Crippen molar-refractivity contribution in [1.29, 1.82) is 0 Å². The Morgan fingerprint density at radius 2 is 1.50 bits per heavy atom. The molecule has 3 atom stereocenters. The highest BCUT2D eigenvalue weighted by molar-refractivity contribution is 7.83. The van der Waals surface area contributed by atoms with Crippen molar-refractivity contribution >= 4 is 16.9 Å². The first-order valence-corrected chi connectivity index (χ1v) is 9.98. The van der Waals surface area contributed by atoms with Crippen molar-refractivity contribution in [1.82, 2.24) is 10.0 Å². The molecule has 0 unspecified atom stereocenters. The van der Waals surface area contributed by atoms with Crippen LogP contribution in [0, 0.1) is 5.41 Å². The molecule has 0 bridgehead atoms. The molecule has 0 heterocycles. The molecule has 0 radical (unpaired) electrons. The first kappa shape index (κ1) is 20.3. The topological polar surface area (TPSA) is 58.2 Å². The molecule has 4 nitrogen and oxygen atoms in total. The Morgan fingerprint density at radius 3 is 2.12 bits per heavy atom. The van der Waals surface area contributed by atoms with Crippen LogP contribution in [0.5, 0.6) is 0 Å². The maximum absolute atomic E-state index is 12.9. The Morgan fingerprint density at radius 1 is 0.923 bits per heavy atom. The van der Waals surface area contributed by atoms with E-state index in [1.165, 1.54) is 0 Å². The fraction of sp³-hybridized carbons (Fsp3) is 0.381. The fourth-order valence-electron chi connectivity index (χ4n) is 2.53. The van der Waals surface area contributed by atoms with Crippen LogP contribution in [0.25, 0.3) is 0 Å². The third kappa shape index (κ3) is 5.26. The minimum Gasteiger partial charge on any atom is -0.349 e. The monoisotopic (exact) mass is 372 g/mol. The molecule has 0 aromatic heterocycles. The maximum atomic E-state index is 12.9. The van der Waals surface area contributed by atoms with Gasteiger partial charge in [0.25, 0.3) is 0 Å². The smallest absolute Gasteiger partial charge is 0.225 e. The van der Waals surface area contributed by atoms with Gasteiger partial charge in [0.1, 0.15) is 11.0 Å². The highest BCUT2D eigenvalue weighted by Gasteiger charge is 2.24. The molecule has 0 spiro atoms. The molecule has 2 aromatic carbocycles. The lowest BCUT2D eigenvalue weighted by Gasteiger charge is -2.24. The van der Waals surface area contributed by atoms with Gasteiger partial charge in [0.15, 0.2) is 0 Å². The number of carbonyl (C=O) groups excluding carboxylic acids is 1. The van der Waals surface area contributed by atoms with Crippen molar-refractivity contribution in [2.45, 2.75) is 51.6 Å². The van der Waals surface area contributed by atoms with Crippen LogP contribution in [0.1, 0.15) is 57.8 Å². The summed E-state index contributed by atoms with van der Waals surface area (Å²) in [6.45, 7) is 9.54. The van der Waals surface area contributed by atoms with Crippen LogP contribution in [0.4, 0.5) is 0 Å². The minimum absolute atomic E-state index is 0.0313. The van der Waals surface area contributed by atoms with E-state index in [-0.39, 0.29) is 18.0 Å². The molecule has 0 aliphatic heterocycles. The van der Waals surface area contributed by atoms with E-state index in [9.17, 15) is 9.00 Å². The highest BCUT2D eigenvalue weighted by atomic mass is 32.2. The van der Waals surface area contributed by atoms with E-state index in [1.54, 1.807) is 0 Å². The Balaban J connectivity index is 2.17. The summed E-state index contributed by atoms with van der Waals surface area (Å²) in [6, 6.07) is 17.1. The molecule has 2 rings (SSSR count). The van der Waals surface area contributed by atoms with Gasteiger partial charge in [-0.15, -0.1) is 0 Å². The second-order valence-electron chi connectivity index (χ2n) is 7.50. The average molecular weight is 373 g/mol. The van der Waals surface area contributed by atoms with E-state index in [1.807, 2.05) is 89.2 Å². The van der Waals surface area contributed by atoms with Gasteiger partial charge in [0, 0.05) is 11.5 Å². The zero-order valence-corrected chi connectivity index (χ0v) is 16.9. The molecular weight excluding hydrogens is 344 g/mol. The van der Waals surface area contributed by atoms with Crippen LogP contribution in [0.15, 0.2) is 59.5 Å². The van der Waals surface area contributed by atoms with Crippen LogP contribution >= 0.6 is 0 Å². The lowest BCUT2D eigenvalue weighted by atomic mass is 9.94. The van der Waals surface area contributed by atoms with Crippen molar-refractivity contribution in [3.8, 4) is 0 Å². The second kappa shape index (κ2) is 8.60. The zero-order chi connectivity index (χ0) is 19.3. The lowest BCUT2D eigenvalue weighted by Crippen LogP contribution is -2.37. The summed E-state index contributed by atoms with van der Waals surface area (Å²) in [5.41, 5.74) is 1.46. The SMILES string of the molecule is C[C@H](N[S@](=O)c1ccccc1[C@@H](C)NC(=O)C(C)(C)C)c1ccccc1. The molecule has 2 N–H and O–H groups in total. The first-order valence-electron chi connectivity index (χ1n) is 8.83. The third-order valence-corrected chi connectivity index (χ3v) is 5.54. The Hall–Kier alpha value is -1.98. The standard InChI is InChI=1S/C21H28N2O2S/c1-15(17-11-7-6-8-12-17)23-26(25)19-14-10-9-13-18(19)16(2)22-20(24)21(3,4)5/h6-16,23H,1-5H3,(H,22,24)/t15-,16+,26+/m0/s1. The molecule has 2 aromatic rings. The van der Waals surface area contributed by atoms with E-state index < -0.39 is 16.4 Å². The number of hydrogen-bond acceptors (Lipinski definition) is 2. The summed E-state index contributed by atoms with van der Waals surface area (Å²) < 4.78 is 16.1. The Labute approximate surface area is 159 Å². The maximum Gasteiger partial charge on any atom is 0.225 e. The van der Waals surface area contributed by atoms with Crippen molar-refractivity contribution in [2.75, 3.05) is 0 Å². The molecule has 140 valence electrons. The number of nitrogens with one attached hydrogen (secondary N) is 2. The van der Waals surface area contributed by atoms with Crippen LogP contribution in [-0.2, 0) is 15.8 Å². The normalized spacial score (nSPS) is 15.1. The van der Waals surface area contributed by atoms with Crippen LogP contribution in [0.2, 0.25) is 0 Å². The molecule has 0 saturated heterocycles. The lowest BCUT2D eigenvalue weighted by molar-refractivity contribution is -0.129. The van der Waals surface area contributed by atoms with Gasteiger partial charge in [-0.1, -0.05) is 69.3 Å². The molecule has 0 saturated carbocycles. The molecule has 0 aliphatic carbocycles. The van der Waals surface area contributed by atoms with Crippen LogP contribution in [0.3, 0.4) is 0 Å². The van der Waals surface area contributed by atoms with Crippen molar-refractivity contribution in [3.63, 3.8) is 0 Å². The predicted molar refractivity (Wildman–Crippen MR) is 107 cm³/mol. The predicted octanol–water partition coefficient (Wildman–Crippen LogP) is 4.28. The largest absolute Gasteiger partial charge is 0.349 e. The van der Waals surface area contributed by atoms with E-state index in [2.05, 4.69) is 10.0 Å². The number of amides is 1. The van der Waals surface area contributed by atoms with Gasteiger partial charge in [-0.05, 0) is 31.0 Å². The van der Waals surface area contributed by atoms with Gasteiger partial charge in [0.2, 0.25) is 5.91 Å². The summed E-state index contributed by atoms with van der Waals surface area (Å²) in [7, 11) is -1.38. The Bertz CT molecular complexity index is 769. The summed E-state index contributed by atoms with van der Waals surface area (Å²) in [4.78, 5) is 13.0. The molecule has 5 heteroatoms. The van der Waals surface area contributed by atoms with Crippen molar-refractivity contribution in [3.05, 3.63) is 65.7 Å². The average Bonchev–Trinajstić information content (AvgIpc) is 2.61. The van der Waals surface area contributed by atoms with Crippen LogP contribution in [-0.4, -0.2) is 10.1 Å². The van der Waals surface area contributed by atoms with E-state index in [4.69, 9.17) is 0 Å². The van der Waals surface area contributed by atoms with Crippen LogP contribution < -0.4 is 10.0 Å². The number of rotatable bonds is 6. The van der Waals surface area contributed by atoms with E-state index >= 15 is 0 Å².